The molecule has 0 aliphatic rings. The van der Waals surface area contributed by atoms with Gasteiger partial charge in [-0.05, 0) is 59.5 Å². The van der Waals surface area contributed by atoms with Gasteiger partial charge in [0.15, 0.2) is 0 Å². The van der Waals surface area contributed by atoms with E-state index in [9.17, 15) is 9.59 Å². The number of carbonyl (C=O) groups is 2. The largest absolute Gasteiger partial charge is 0.325 e. The van der Waals surface area contributed by atoms with E-state index in [0.717, 1.165) is 32.1 Å². The van der Waals surface area contributed by atoms with Gasteiger partial charge in [0.1, 0.15) is 0 Å². The van der Waals surface area contributed by atoms with Crippen LogP contribution in [-0.2, 0) is 4.79 Å². The molecule has 2 amide bonds. The minimum atomic E-state index is -0.319. The zero-order valence-electron chi connectivity index (χ0n) is 19.2. The Kier molecular flexibility index (Phi) is 6.51. The van der Waals surface area contributed by atoms with Crippen molar-refractivity contribution in [3.63, 3.8) is 0 Å². The minimum absolute atomic E-state index is 0.0723. The molecule has 0 radical (unpaired) electrons. The topological polar surface area (TPSA) is 58.2 Å². The lowest BCUT2D eigenvalue weighted by molar-refractivity contribution is -0.115. The van der Waals surface area contributed by atoms with E-state index < -0.39 is 0 Å². The van der Waals surface area contributed by atoms with Crippen molar-refractivity contribution in [1.82, 2.24) is 0 Å². The Morgan fingerprint density at radius 2 is 1.40 bits per heavy atom. The van der Waals surface area contributed by atoms with Gasteiger partial charge in [0, 0.05) is 27.2 Å². The summed E-state index contributed by atoms with van der Waals surface area (Å²) < 4.78 is 0. The SMILES string of the molecule is CC(Sc1cccc(NC(=O)c2ccc3ccccc3c2)c1)C(=O)Nc1cccc2ccccc12. The van der Waals surface area contributed by atoms with Crippen LogP contribution in [0.25, 0.3) is 21.5 Å². The van der Waals surface area contributed by atoms with Crippen molar-refractivity contribution in [1.29, 1.82) is 0 Å². The van der Waals surface area contributed by atoms with Gasteiger partial charge >= 0.3 is 0 Å². The van der Waals surface area contributed by atoms with E-state index in [4.69, 9.17) is 0 Å². The highest BCUT2D eigenvalue weighted by atomic mass is 32.2. The smallest absolute Gasteiger partial charge is 0.255 e. The number of carbonyl (C=O) groups excluding carboxylic acids is 2. The van der Waals surface area contributed by atoms with Crippen LogP contribution >= 0.6 is 11.8 Å². The molecule has 0 saturated carbocycles. The van der Waals surface area contributed by atoms with Gasteiger partial charge in [0.25, 0.3) is 5.91 Å². The normalized spacial score (nSPS) is 11.8. The maximum atomic E-state index is 12.9. The molecular formula is C30H24N2O2S. The summed E-state index contributed by atoms with van der Waals surface area (Å²) in [7, 11) is 0. The van der Waals surface area contributed by atoms with E-state index in [-0.39, 0.29) is 17.1 Å². The molecular weight excluding hydrogens is 452 g/mol. The summed E-state index contributed by atoms with van der Waals surface area (Å²) >= 11 is 1.45. The first-order chi connectivity index (χ1) is 17.1. The summed E-state index contributed by atoms with van der Waals surface area (Å²) in [5.41, 5.74) is 2.09. The van der Waals surface area contributed by atoms with Crippen molar-refractivity contribution >= 4 is 56.5 Å². The molecule has 0 aliphatic heterocycles. The van der Waals surface area contributed by atoms with Gasteiger partial charge in [0.05, 0.1) is 5.25 Å². The van der Waals surface area contributed by atoms with Crippen molar-refractivity contribution in [2.24, 2.45) is 0 Å². The van der Waals surface area contributed by atoms with Gasteiger partial charge in [-0.1, -0.05) is 72.8 Å². The first-order valence-electron chi connectivity index (χ1n) is 11.4. The standard InChI is InChI=1S/C30H24N2O2S/c1-20(29(33)32-28-15-6-11-22-9-4-5-14-27(22)28)35-26-13-7-12-25(19-26)31-30(34)24-17-16-21-8-2-3-10-23(21)18-24/h2-20H,1H3,(H,31,34)(H,32,33). The van der Waals surface area contributed by atoms with Gasteiger partial charge in [-0.3, -0.25) is 9.59 Å². The van der Waals surface area contributed by atoms with Crippen LogP contribution in [0, 0.1) is 0 Å². The third-order valence-electron chi connectivity index (χ3n) is 5.83. The summed E-state index contributed by atoms with van der Waals surface area (Å²) in [6.07, 6.45) is 0. The minimum Gasteiger partial charge on any atom is -0.325 e. The molecule has 0 aromatic heterocycles. The number of rotatable bonds is 6. The quantitative estimate of drug-likeness (QED) is 0.252. The van der Waals surface area contributed by atoms with E-state index in [1.165, 1.54) is 11.8 Å². The lowest BCUT2D eigenvalue weighted by Crippen LogP contribution is -2.22. The fraction of sp³-hybridized carbons (Fsp3) is 0.0667. The highest BCUT2D eigenvalue weighted by Gasteiger charge is 2.16. The van der Waals surface area contributed by atoms with E-state index in [1.54, 1.807) is 0 Å². The van der Waals surface area contributed by atoms with Gasteiger partial charge in [-0.25, -0.2) is 0 Å². The maximum absolute atomic E-state index is 12.9. The second kappa shape index (κ2) is 10.0. The van der Waals surface area contributed by atoms with Crippen molar-refractivity contribution in [2.45, 2.75) is 17.1 Å². The number of benzene rings is 5. The molecule has 5 rings (SSSR count). The van der Waals surface area contributed by atoms with E-state index in [1.807, 2.05) is 116 Å². The second-order valence-corrected chi connectivity index (χ2v) is 9.73. The number of hydrogen-bond acceptors (Lipinski definition) is 3. The predicted octanol–water partition coefficient (Wildman–Crippen LogP) is 7.36. The molecule has 0 aliphatic carbocycles. The fourth-order valence-electron chi connectivity index (χ4n) is 4.01. The van der Waals surface area contributed by atoms with Crippen molar-refractivity contribution < 1.29 is 9.59 Å². The average Bonchev–Trinajstić information content (AvgIpc) is 2.88. The van der Waals surface area contributed by atoms with E-state index in [2.05, 4.69) is 10.6 Å². The van der Waals surface area contributed by atoms with Crippen molar-refractivity contribution in [3.05, 3.63) is 115 Å². The maximum Gasteiger partial charge on any atom is 0.255 e. The molecule has 1 atom stereocenters. The molecule has 4 nitrogen and oxygen atoms in total. The molecule has 0 bridgehead atoms. The van der Waals surface area contributed by atoms with Crippen LogP contribution in [0.1, 0.15) is 17.3 Å². The van der Waals surface area contributed by atoms with Crippen LogP contribution in [0.2, 0.25) is 0 Å². The third kappa shape index (κ3) is 5.20. The van der Waals surface area contributed by atoms with Gasteiger partial charge in [-0.15, -0.1) is 11.8 Å². The first-order valence-corrected chi connectivity index (χ1v) is 12.3. The fourth-order valence-corrected chi connectivity index (χ4v) is 4.93. The predicted molar refractivity (Wildman–Crippen MR) is 146 cm³/mol. The summed E-state index contributed by atoms with van der Waals surface area (Å²) in [6.45, 7) is 1.88. The van der Waals surface area contributed by atoms with Gasteiger partial charge < -0.3 is 10.6 Å². The van der Waals surface area contributed by atoms with Crippen LogP contribution in [0.4, 0.5) is 11.4 Å². The van der Waals surface area contributed by atoms with E-state index >= 15 is 0 Å². The van der Waals surface area contributed by atoms with Crippen LogP contribution in [-0.4, -0.2) is 17.1 Å². The van der Waals surface area contributed by atoms with Gasteiger partial charge in [-0.2, -0.15) is 0 Å². The number of anilines is 2. The molecule has 1 unspecified atom stereocenters. The number of thioether (sulfide) groups is 1. The molecule has 35 heavy (non-hydrogen) atoms. The Morgan fingerprint density at radius 1 is 0.686 bits per heavy atom. The third-order valence-corrected chi connectivity index (χ3v) is 6.93. The molecule has 0 heterocycles. The second-order valence-electron chi connectivity index (χ2n) is 8.32. The Hall–Kier alpha value is -4.09. The lowest BCUT2D eigenvalue weighted by Gasteiger charge is -2.14. The molecule has 172 valence electrons. The van der Waals surface area contributed by atoms with Crippen LogP contribution in [0.3, 0.4) is 0 Å². The molecule has 5 aromatic carbocycles. The number of fused-ring (bicyclic) bond motifs is 2. The number of amides is 2. The Balaban J connectivity index is 1.26. The zero-order chi connectivity index (χ0) is 24.2. The van der Waals surface area contributed by atoms with Crippen LogP contribution in [0.5, 0.6) is 0 Å². The summed E-state index contributed by atoms with van der Waals surface area (Å²) in [6, 6.07) is 35.1. The highest BCUT2D eigenvalue weighted by Crippen LogP contribution is 2.28. The average molecular weight is 477 g/mol. The Labute approximate surface area is 208 Å². The first kappa shape index (κ1) is 22.7. The van der Waals surface area contributed by atoms with Crippen LogP contribution in [0.15, 0.2) is 114 Å². The molecule has 0 saturated heterocycles. The van der Waals surface area contributed by atoms with Crippen molar-refractivity contribution in [2.75, 3.05) is 10.6 Å². The molecule has 0 fully saturated rings. The summed E-state index contributed by atoms with van der Waals surface area (Å²) in [5, 5.41) is 9.93. The van der Waals surface area contributed by atoms with E-state index in [0.29, 0.717) is 11.3 Å². The number of nitrogens with one attached hydrogen (secondary N) is 2. The summed E-state index contributed by atoms with van der Waals surface area (Å²) in [5.74, 6) is -0.239. The lowest BCUT2D eigenvalue weighted by atomic mass is 10.1. The van der Waals surface area contributed by atoms with Gasteiger partial charge in [0.2, 0.25) is 5.91 Å². The molecule has 5 aromatic rings. The molecule has 5 heteroatoms. The Bertz CT molecular complexity index is 1540. The monoisotopic (exact) mass is 476 g/mol. The number of hydrogen-bond donors (Lipinski definition) is 2. The van der Waals surface area contributed by atoms with Crippen LogP contribution < -0.4 is 10.6 Å². The summed E-state index contributed by atoms with van der Waals surface area (Å²) in [4.78, 5) is 26.6. The molecule has 0 spiro atoms. The molecule has 2 N–H and O–H groups in total. The highest BCUT2D eigenvalue weighted by molar-refractivity contribution is 8.00. The Morgan fingerprint density at radius 3 is 2.26 bits per heavy atom. The zero-order valence-corrected chi connectivity index (χ0v) is 20.0. The van der Waals surface area contributed by atoms with Crippen molar-refractivity contribution in [3.8, 4) is 0 Å².